The van der Waals surface area contributed by atoms with Gasteiger partial charge in [-0.15, -0.1) is 0 Å². The number of nitrogens with zero attached hydrogens (tertiary/aromatic N) is 1. The number of anilines is 1. The molecule has 0 aliphatic carbocycles. The zero-order valence-electron chi connectivity index (χ0n) is 12.1. The first kappa shape index (κ1) is 13.7. The summed E-state index contributed by atoms with van der Waals surface area (Å²) in [6, 6.07) is 6.61. The summed E-state index contributed by atoms with van der Waals surface area (Å²) in [5.41, 5.74) is 1.96. The van der Waals surface area contributed by atoms with Crippen LogP contribution < -0.4 is 10.1 Å². The second-order valence-corrected chi connectivity index (χ2v) is 5.80. The van der Waals surface area contributed by atoms with E-state index in [1.807, 2.05) is 19.1 Å². The van der Waals surface area contributed by atoms with Crippen molar-refractivity contribution in [2.45, 2.75) is 32.4 Å². The van der Waals surface area contributed by atoms with Gasteiger partial charge in [0.1, 0.15) is 5.75 Å². The number of hydrogen-bond donors (Lipinski definition) is 2. The van der Waals surface area contributed by atoms with Crippen molar-refractivity contribution < 1.29 is 9.84 Å². The average molecular weight is 276 g/mol. The lowest BCUT2D eigenvalue weighted by Gasteiger charge is -2.31. The van der Waals surface area contributed by atoms with Crippen molar-refractivity contribution in [3.05, 3.63) is 23.8 Å². The van der Waals surface area contributed by atoms with Crippen molar-refractivity contribution in [3.8, 4) is 5.75 Å². The molecule has 4 nitrogen and oxygen atoms in total. The Morgan fingerprint density at radius 1 is 1.35 bits per heavy atom. The van der Waals surface area contributed by atoms with E-state index < -0.39 is 0 Å². The van der Waals surface area contributed by atoms with Gasteiger partial charge in [0.05, 0.1) is 13.2 Å². The fourth-order valence-electron chi connectivity index (χ4n) is 3.44. The summed E-state index contributed by atoms with van der Waals surface area (Å²) in [5, 5.41) is 13.1. The molecule has 2 N–H and O–H groups in total. The molecule has 2 aliphatic heterocycles. The van der Waals surface area contributed by atoms with E-state index in [4.69, 9.17) is 4.74 Å². The summed E-state index contributed by atoms with van der Waals surface area (Å²) >= 11 is 0. The molecule has 2 heterocycles. The number of aliphatic hydroxyl groups excluding tert-OH is 1. The van der Waals surface area contributed by atoms with Gasteiger partial charge in [0.2, 0.25) is 0 Å². The van der Waals surface area contributed by atoms with Crippen molar-refractivity contribution in [2.24, 2.45) is 5.92 Å². The van der Waals surface area contributed by atoms with Crippen molar-refractivity contribution in [2.75, 3.05) is 31.6 Å². The molecule has 110 valence electrons. The molecule has 1 aromatic rings. The Bertz CT molecular complexity index is 464. The smallest absolute Gasteiger partial charge is 0.124 e. The van der Waals surface area contributed by atoms with Crippen LogP contribution in [0.15, 0.2) is 18.2 Å². The van der Waals surface area contributed by atoms with Crippen LogP contribution in [0.3, 0.4) is 0 Å². The largest absolute Gasteiger partial charge is 0.494 e. The predicted octanol–water partition coefficient (Wildman–Crippen LogP) is 2.08. The lowest BCUT2D eigenvalue weighted by Crippen LogP contribution is -2.39. The zero-order chi connectivity index (χ0) is 13.9. The molecule has 3 unspecified atom stereocenters. The Kier molecular flexibility index (Phi) is 4.13. The second-order valence-electron chi connectivity index (χ2n) is 5.80. The van der Waals surface area contributed by atoms with Crippen LogP contribution in [-0.4, -0.2) is 42.3 Å². The topological polar surface area (TPSA) is 44.7 Å². The van der Waals surface area contributed by atoms with Crippen molar-refractivity contribution in [1.82, 2.24) is 4.90 Å². The summed E-state index contributed by atoms with van der Waals surface area (Å²) in [7, 11) is 0. The van der Waals surface area contributed by atoms with E-state index in [9.17, 15) is 5.11 Å². The maximum atomic E-state index is 9.47. The van der Waals surface area contributed by atoms with Crippen molar-refractivity contribution in [3.63, 3.8) is 0 Å². The molecule has 3 rings (SSSR count). The van der Waals surface area contributed by atoms with Gasteiger partial charge in [-0.2, -0.15) is 0 Å². The van der Waals surface area contributed by atoms with Gasteiger partial charge in [0.15, 0.2) is 0 Å². The summed E-state index contributed by atoms with van der Waals surface area (Å²) in [6.07, 6.45) is 2.52. The number of hydrogen-bond acceptors (Lipinski definition) is 4. The number of ether oxygens (including phenoxy) is 1. The molecule has 0 radical (unpaired) electrons. The first-order valence-electron chi connectivity index (χ1n) is 7.65. The highest BCUT2D eigenvalue weighted by molar-refractivity contribution is 5.51. The molecule has 3 atom stereocenters. The molecule has 1 aromatic carbocycles. The number of aliphatic hydroxyl groups is 1. The van der Waals surface area contributed by atoms with Gasteiger partial charge in [0, 0.05) is 30.4 Å². The molecule has 2 bridgehead atoms. The third-order valence-electron chi connectivity index (χ3n) is 4.52. The number of piperidine rings is 1. The van der Waals surface area contributed by atoms with E-state index in [1.165, 1.54) is 32.5 Å². The third kappa shape index (κ3) is 2.76. The molecule has 2 saturated heterocycles. The first-order valence-corrected chi connectivity index (χ1v) is 7.65. The van der Waals surface area contributed by atoms with E-state index in [1.54, 1.807) is 0 Å². The highest BCUT2D eigenvalue weighted by Gasteiger charge is 2.34. The SMILES string of the molecule is CCOc1ccc(NC2CCN3CCC2C3)cc1CO. The number of fused-ring (bicyclic) bond motifs is 2. The summed E-state index contributed by atoms with van der Waals surface area (Å²) in [6.45, 7) is 6.31. The standard InChI is InChI=1S/C16H24N2O2/c1-2-20-16-4-3-14(9-13(16)11-19)17-15-6-8-18-7-5-12(15)10-18/h3-4,9,12,15,17,19H,2,5-8,10-11H2,1H3. The Hall–Kier alpha value is -1.26. The number of nitrogens with one attached hydrogen (secondary N) is 1. The predicted molar refractivity (Wildman–Crippen MR) is 80.1 cm³/mol. The second kappa shape index (κ2) is 6.02. The average Bonchev–Trinajstić information content (AvgIpc) is 2.86. The first-order chi connectivity index (χ1) is 9.80. The summed E-state index contributed by atoms with van der Waals surface area (Å²) in [5.74, 6) is 1.56. The molecule has 0 aromatic heterocycles. The Labute approximate surface area is 120 Å². The van der Waals surface area contributed by atoms with Gasteiger partial charge < -0.3 is 20.1 Å². The molecule has 0 amide bonds. The maximum absolute atomic E-state index is 9.47. The van der Waals surface area contributed by atoms with Crippen LogP contribution >= 0.6 is 0 Å². The van der Waals surface area contributed by atoms with Crippen LogP contribution in [0.2, 0.25) is 0 Å². The lowest BCUT2D eigenvalue weighted by molar-refractivity contribution is 0.255. The van der Waals surface area contributed by atoms with Gasteiger partial charge >= 0.3 is 0 Å². The molecular formula is C16H24N2O2. The summed E-state index contributed by atoms with van der Waals surface area (Å²) < 4.78 is 5.53. The quantitative estimate of drug-likeness (QED) is 0.864. The van der Waals surface area contributed by atoms with Gasteiger partial charge in [-0.1, -0.05) is 0 Å². The molecule has 4 heteroatoms. The fourth-order valence-corrected chi connectivity index (χ4v) is 3.44. The minimum absolute atomic E-state index is 0.0206. The van der Waals surface area contributed by atoms with Gasteiger partial charge in [0.25, 0.3) is 0 Å². The van der Waals surface area contributed by atoms with Gasteiger partial charge in [-0.25, -0.2) is 0 Å². The lowest BCUT2D eigenvalue weighted by atomic mass is 9.94. The Morgan fingerprint density at radius 3 is 3.00 bits per heavy atom. The number of benzene rings is 1. The third-order valence-corrected chi connectivity index (χ3v) is 4.52. The summed E-state index contributed by atoms with van der Waals surface area (Å²) in [4.78, 5) is 2.56. The molecule has 0 spiro atoms. The monoisotopic (exact) mass is 276 g/mol. The van der Waals surface area contributed by atoms with Crippen molar-refractivity contribution in [1.29, 1.82) is 0 Å². The minimum Gasteiger partial charge on any atom is -0.494 e. The van der Waals surface area contributed by atoms with Crippen LogP contribution in [0.5, 0.6) is 5.75 Å². The van der Waals surface area contributed by atoms with Crippen molar-refractivity contribution >= 4 is 5.69 Å². The van der Waals surface area contributed by atoms with Crippen LogP contribution in [-0.2, 0) is 6.61 Å². The Balaban J connectivity index is 1.70. The molecule has 2 aliphatic rings. The molecular weight excluding hydrogens is 252 g/mol. The molecule has 0 saturated carbocycles. The Morgan fingerprint density at radius 2 is 2.20 bits per heavy atom. The van der Waals surface area contributed by atoms with E-state index >= 15 is 0 Å². The molecule has 20 heavy (non-hydrogen) atoms. The highest BCUT2D eigenvalue weighted by Crippen LogP contribution is 2.30. The highest BCUT2D eigenvalue weighted by atomic mass is 16.5. The number of rotatable bonds is 5. The maximum Gasteiger partial charge on any atom is 0.124 e. The van der Waals surface area contributed by atoms with Gasteiger partial charge in [-0.05, 0) is 50.4 Å². The van der Waals surface area contributed by atoms with E-state index in [0.29, 0.717) is 12.6 Å². The van der Waals surface area contributed by atoms with E-state index in [0.717, 1.165) is 22.9 Å². The van der Waals surface area contributed by atoms with Crippen LogP contribution in [0.4, 0.5) is 5.69 Å². The fraction of sp³-hybridized carbons (Fsp3) is 0.625. The van der Waals surface area contributed by atoms with Gasteiger partial charge in [-0.3, -0.25) is 0 Å². The van der Waals surface area contributed by atoms with E-state index in [2.05, 4.69) is 16.3 Å². The van der Waals surface area contributed by atoms with Crippen LogP contribution in [0.25, 0.3) is 0 Å². The van der Waals surface area contributed by atoms with Crippen LogP contribution in [0.1, 0.15) is 25.3 Å². The minimum atomic E-state index is 0.0206. The van der Waals surface area contributed by atoms with E-state index in [-0.39, 0.29) is 6.61 Å². The normalized spacial score (nSPS) is 28.4. The molecule has 2 fully saturated rings. The zero-order valence-corrected chi connectivity index (χ0v) is 12.1. The van der Waals surface area contributed by atoms with Crippen LogP contribution in [0, 0.1) is 5.92 Å².